The second-order valence-electron chi connectivity index (χ2n) is 5.91. The number of rotatable bonds is 5. The van der Waals surface area contributed by atoms with Gasteiger partial charge in [0.15, 0.2) is 0 Å². The van der Waals surface area contributed by atoms with Crippen LogP contribution < -0.4 is 5.19 Å². The van der Waals surface area contributed by atoms with Crippen LogP contribution in [-0.4, -0.2) is 13.2 Å². The van der Waals surface area contributed by atoms with Crippen LogP contribution in [0.5, 0.6) is 0 Å². The van der Waals surface area contributed by atoms with Crippen LogP contribution in [0.1, 0.15) is 36.5 Å². The molecule has 0 bridgehead atoms. The van der Waals surface area contributed by atoms with Crippen LogP contribution in [0.4, 0.5) is 0 Å². The fourth-order valence-corrected chi connectivity index (χ4v) is 4.90. The quantitative estimate of drug-likeness (QED) is 0.794. The van der Waals surface area contributed by atoms with E-state index in [9.17, 15) is 5.11 Å². The van der Waals surface area contributed by atoms with Gasteiger partial charge in [-0.2, -0.15) is 0 Å². The van der Waals surface area contributed by atoms with Crippen LogP contribution in [0.3, 0.4) is 0 Å². The summed E-state index contributed by atoms with van der Waals surface area (Å²) in [5.74, 6) is 0. The summed E-state index contributed by atoms with van der Waals surface area (Å²) in [6.45, 7) is 11.7. The van der Waals surface area contributed by atoms with Crippen molar-refractivity contribution >= 4 is 13.3 Å². The minimum absolute atomic E-state index is 0.180. The predicted octanol–water partition coefficient (Wildman–Crippen LogP) is 3.38. The van der Waals surface area contributed by atoms with Gasteiger partial charge in [0.1, 0.15) is 0 Å². The normalized spacial score (nSPS) is 11.9. The van der Waals surface area contributed by atoms with Gasteiger partial charge in [-0.15, -0.1) is 0 Å². The number of hydrogen-bond acceptors (Lipinski definition) is 1. The maximum absolute atomic E-state index is 9.54. The van der Waals surface area contributed by atoms with Crippen molar-refractivity contribution < 1.29 is 5.11 Å². The van der Waals surface area contributed by atoms with E-state index in [0.717, 1.165) is 12.0 Å². The molecule has 0 aliphatic heterocycles. The zero-order valence-electron chi connectivity index (χ0n) is 11.9. The molecule has 0 radical (unpaired) electrons. The second kappa shape index (κ2) is 5.83. The number of hydrogen-bond donors (Lipinski definition) is 1. The Kier molecular flexibility index (Phi) is 4.96. The average molecular weight is 250 g/mol. The van der Waals surface area contributed by atoms with E-state index in [-0.39, 0.29) is 6.61 Å². The lowest BCUT2D eigenvalue weighted by Crippen LogP contribution is -2.43. The molecule has 0 aromatic heterocycles. The molecule has 96 valence electrons. The molecule has 1 rings (SSSR count). The summed E-state index contributed by atoms with van der Waals surface area (Å²) >= 11 is 0. The van der Waals surface area contributed by atoms with Crippen LogP contribution in [-0.2, 0) is 13.0 Å². The van der Waals surface area contributed by atoms with Gasteiger partial charge >= 0.3 is 0 Å². The highest BCUT2D eigenvalue weighted by atomic mass is 28.3. The monoisotopic (exact) mass is 250 g/mol. The van der Waals surface area contributed by atoms with Crippen LogP contribution in [0.2, 0.25) is 19.6 Å². The molecule has 17 heavy (non-hydrogen) atoms. The van der Waals surface area contributed by atoms with E-state index in [1.54, 1.807) is 0 Å². The summed E-state index contributed by atoms with van der Waals surface area (Å²) in [6.07, 6.45) is 3.64. The van der Waals surface area contributed by atoms with Gasteiger partial charge in [0.05, 0.1) is 14.7 Å². The number of unbranched alkanes of at least 4 members (excludes halogenated alkanes) is 1. The third kappa shape index (κ3) is 3.43. The lowest BCUT2D eigenvalue weighted by Gasteiger charge is -2.26. The molecule has 0 fully saturated rings. The molecule has 0 atom stereocenters. The van der Waals surface area contributed by atoms with Crippen molar-refractivity contribution in [1.29, 1.82) is 0 Å². The molecular weight excluding hydrogens is 224 g/mol. The average Bonchev–Trinajstić information content (AvgIpc) is 2.25. The van der Waals surface area contributed by atoms with E-state index in [2.05, 4.69) is 45.6 Å². The Bertz CT molecular complexity index is 377. The van der Waals surface area contributed by atoms with E-state index in [4.69, 9.17) is 0 Å². The van der Waals surface area contributed by atoms with E-state index in [1.165, 1.54) is 29.2 Å². The highest BCUT2D eigenvalue weighted by Gasteiger charge is 2.24. The zero-order chi connectivity index (χ0) is 13.1. The fraction of sp³-hybridized carbons (Fsp3) is 0.600. The Balaban J connectivity index is 3.32. The maximum Gasteiger partial charge on any atom is 0.0784 e. The molecule has 0 unspecified atom stereocenters. The summed E-state index contributed by atoms with van der Waals surface area (Å²) < 4.78 is 0. The van der Waals surface area contributed by atoms with Gasteiger partial charge in [-0.05, 0) is 36.5 Å². The van der Waals surface area contributed by atoms with Gasteiger partial charge < -0.3 is 5.11 Å². The molecule has 0 aliphatic rings. The molecular formula is C15H26OSi. The first-order valence-electron chi connectivity index (χ1n) is 6.64. The summed E-state index contributed by atoms with van der Waals surface area (Å²) in [4.78, 5) is 0. The summed E-state index contributed by atoms with van der Waals surface area (Å²) in [7, 11) is -1.38. The van der Waals surface area contributed by atoms with E-state index in [0.29, 0.717) is 0 Å². The molecule has 0 amide bonds. The first kappa shape index (κ1) is 14.5. The van der Waals surface area contributed by atoms with Gasteiger partial charge in [-0.1, -0.05) is 50.3 Å². The smallest absolute Gasteiger partial charge is 0.0784 e. The number of benzene rings is 1. The van der Waals surface area contributed by atoms with Crippen LogP contribution in [0.25, 0.3) is 0 Å². The Labute approximate surface area is 107 Å². The third-order valence-electron chi connectivity index (χ3n) is 3.33. The lowest BCUT2D eigenvalue weighted by atomic mass is 10.00. The second-order valence-corrected chi connectivity index (χ2v) is 10.9. The number of aliphatic hydroxyl groups is 1. The van der Waals surface area contributed by atoms with Crippen LogP contribution in [0, 0.1) is 6.92 Å². The highest BCUT2D eigenvalue weighted by Crippen LogP contribution is 2.17. The molecule has 1 aromatic rings. The van der Waals surface area contributed by atoms with E-state index in [1.807, 2.05) is 0 Å². The van der Waals surface area contributed by atoms with Crippen molar-refractivity contribution in [3.63, 3.8) is 0 Å². The van der Waals surface area contributed by atoms with Gasteiger partial charge in [-0.3, -0.25) is 0 Å². The molecule has 2 heteroatoms. The SMILES string of the molecule is CCCCc1c(C)ccc(CO)c1[Si](C)(C)C. The van der Waals surface area contributed by atoms with Gasteiger partial charge in [-0.25, -0.2) is 0 Å². The minimum Gasteiger partial charge on any atom is -0.392 e. The molecule has 0 spiro atoms. The summed E-state index contributed by atoms with van der Waals surface area (Å²) in [6, 6.07) is 4.28. The Morgan fingerprint density at radius 1 is 1.18 bits per heavy atom. The molecule has 1 nitrogen and oxygen atoms in total. The molecule has 0 aliphatic carbocycles. The minimum atomic E-state index is -1.38. The topological polar surface area (TPSA) is 20.2 Å². The Hall–Kier alpha value is -0.603. The van der Waals surface area contributed by atoms with E-state index >= 15 is 0 Å². The molecule has 0 heterocycles. The number of aryl methyl sites for hydroxylation is 1. The van der Waals surface area contributed by atoms with Gasteiger partial charge in [0, 0.05) is 0 Å². The predicted molar refractivity (Wildman–Crippen MR) is 78.7 cm³/mol. The Morgan fingerprint density at radius 3 is 2.29 bits per heavy atom. The van der Waals surface area contributed by atoms with Gasteiger partial charge in [0.25, 0.3) is 0 Å². The number of aliphatic hydroxyl groups excluding tert-OH is 1. The molecule has 1 aromatic carbocycles. The first-order valence-corrected chi connectivity index (χ1v) is 10.1. The summed E-state index contributed by atoms with van der Waals surface area (Å²) in [5, 5.41) is 11.0. The summed E-state index contributed by atoms with van der Waals surface area (Å²) in [5.41, 5.74) is 4.06. The van der Waals surface area contributed by atoms with Crippen molar-refractivity contribution in [2.45, 2.75) is 59.4 Å². The standard InChI is InChI=1S/C15H26OSi/c1-6-7-8-14-12(2)9-10-13(11-16)15(14)17(3,4)5/h9-10,16H,6-8,11H2,1-5H3. The molecule has 0 saturated heterocycles. The maximum atomic E-state index is 9.54. The van der Waals surface area contributed by atoms with Crippen molar-refractivity contribution in [3.8, 4) is 0 Å². The van der Waals surface area contributed by atoms with Gasteiger partial charge in [0.2, 0.25) is 0 Å². The Morgan fingerprint density at radius 2 is 1.82 bits per heavy atom. The molecule has 0 saturated carbocycles. The van der Waals surface area contributed by atoms with Crippen molar-refractivity contribution in [2.75, 3.05) is 0 Å². The molecule has 1 N–H and O–H groups in total. The van der Waals surface area contributed by atoms with Crippen molar-refractivity contribution in [1.82, 2.24) is 0 Å². The van der Waals surface area contributed by atoms with Crippen molar-refractivity contribution in [3.05, 3.63) is 28.8 Å². The van der Waals surface area contributed by atoms with Crippen LogP contribution >= 0.6 is 0 Å². The zero-order valence-corrected chi connectivity index (χ0v) is 12.9. The highest BCUT2D eigenvalue weighted by molar-refractivity contribution is 6.89. The third-order valence-corrected chi connectivity index (χ3v) is 5.46. The van der Waals surface area contributed by atoms with Crippen LogP contribution in [0.15, 0.2) is 12.1 Å². The first-order chi connectivity index (χ1) is 7.91. The lowest BCUT2D eigenvalue weighted by molar-refractivity contribution is 0.282. The largest absolute Gasteiger partial charge is 0.392 e. The van der Waals surface area contributed by atoms with Crippen molar-refractivity contribution in [2.24, 2.45) is 0 Å². The van der Waals surface area contributed by atoms with E-state index < -0.39 is 8.07 Å². The fourth-order valence-electron chi connectivity index (χ4n) is 2.54.